The summed E-state index contributed by atoms with van der Waals surface area (Å²) in [6.07, 6.45) is 12.1. The van der Waals surface area contributed by atoms with Crippen molar-refractivity contribution in [3.8, 4) is 16.9 Å². The second-order valence-electron chi connectivity index (χ2n) is 24.1. The lowest BCUT2D eigenvalue weighted by Gasteiger charge is -2.34. The molecule has 3 aliphatic rings. The van der Waals surface area contributed by atoms with Crippen molar-refractivity contribution >= 4 is 56.9 Å². The first kappa shape index (κ1) is 45.5. The standard InChI is InChI=1S/C57H69N3O3/c1-52(2,3)34-29-46(61)36(54(7,8)9)27-32(34)49-42-21-19-40(58-42)48(31-25-38(56(13,14)15)51(63)39(26-31)57(16,17)18)41-20-22-43(59-41)50(45-24-23-44(49)60-45)33-28-37(55(10,11)12)47(62)30-35(33)53(4,5)6/h19-30,58,60,63H,1-18H3/p-1/b48-41?,49-32+,50-33+. The lowest BCUT2D eigenvalue weighted by atomic mass is 9.72. The van der Waals surface area contributed by atoms with Crippen LogP contribution in [0, 0.1) is 21.7 Å². The Labute approximate surface area is 375 Å². The van der Waals surface area contributed by atoms with Gasteiger partial charge in [0.05, 0.1) is 11.4 Å². The molecule has 3 aromatic heterocycles. The van der Waals surface area contributed by atoms with Gasteiger partial charge in [-0.3, -0.25) is 9.59 Å². The number of H-pyrrole nitrogens is 2. The molecule has 1 aliphatic heterocycles. The molecule has 6 heteroatoms. The van der Waals surface area contributed by atoms with Crippen molar-refractivity contribution in [1.29, 1.82) is 0 Å². The number of benzene rings is 1. The fourth-order valence-electron chi connectivity index (χ4n) is 9.19. The zero-order valence-corrected chi connectivity index (χ0v) is 41.1. The Morgan fingerprint density at radius 2 is 0.810 bits per heavy atom. The normalized spacial score (nSPS) is 18.2. The molecule has 63 heavy (non-hydrogen) atoms. The number of aromatic amines is 2. The van der Waals surface area contributed by atoms with Crippen LogP contribution in [-0.2, 0) is 20.4 Å². The van der Waals surface area contributed by atoms with Gasteiger partial charge in [-0.2, -0.15) is 0 Å². The molecule has 0 radical (unpaired) electrons. The van der Waals surface area contributed by atoms with E-state index >= 15 is 0 Å². The fraction of sp³-hybridized carbons (Fsp3) is 0.421. The highest BCUT2D eigenvalue weighted by Crippen LogP contribution is 2.44. The van der Waals surface area contributed by atoms with E-state index in [1.54, 1.807) is 0 Å². The molecule has 330 valence electrons. The topological polar surface area (TPSA) is 102 Å². The molecular formula is C57H68N3O3-. The second kappa shape index (κ2) is 14.8. The maximum absolute atomic E-state index is 14.3. The zero-order chi connectivity index (χ0) is 46.7. The minimum absolute atomic E-state index is 0.0262. The molecule has 2 aliphatic carbocycles. The first-order valence-corrected chi connectivity index (χ1v) is 22.5. The van der Waals surface area contributed by atoms with Gasteiger partial charge in [0.15, 0.2) is 11.6 Å². The highest BCUT2D eigenvalue weighted by molar-refractivity contribution is 6.13. The van der Waals surface area contributed by atoms with Gasteiger partial charge < -0.3 is 15.1 Å². The van der Waals surface area contributed by atoms with Crippen LogP contribution in [0.3, 0.4) is 0 Å². The molecule has 4 heterocycles. The monoisotopic (exact) mass is 843 g/mol. The number of ketones is 2. The van der Waals surface area contributed by atoms with E-state index in [4.69, 9.17) is 4.98 Å². The van der Waals surface area contributed by atoms with Crippen LogP contribution in [0.25, 0.3) is 56.5 Å². The molecule has 4 aromatic rings. The number of rotatable bonds is 1. The third-order valence-electron chi connectivity index (χ3n) is 12.6. The number of nitrogens with one attached hydrogen (secondary N) is 2. The van der Waals surface area contributed by atoms with Gasteiger partial charge in [0, 0.05) is 49.2 Å². The summed E-state index contributed by atoms with van der Waals surface area (Å²) in [5.74, 6) is 0.129. The smallest absolute Gasteiger partial charge is 0.182 e. The Balaban J connectivity index is 1.83. The molecule has 0 atom stereocenters. The summed E-state index contributed by atoms with van der Waals surface area (Å²) < 4.78 is 0. The number of hydrogen-bond acceptors (Lipinski definition) is 4. The van der Waals surface area contributed by atoms with Crippen LogP contribution in [0.15, 0.2) is 83.0 Å². The number of hydrogen-bond donors (Lipinski definition) is 2. The van der Waals surface area contributed by atoms with Gasteiger partial charge >= 0.3 is 0 Å². The number of carbonyl (C=O) groups excluding carboxylic acids is 2. The zero-order valence-electron chi connectivity index (χ0n) is 41.1. The molecular weight excluding hydrogens is 775 g/mol. The summed E-state index contributed by atoms with van der Waals surface area (Å²) >= 11 is 0. The van der Waals surface area contributed by atoms with Gasteiger partial charge in [0.1, 0.15) is 0 Å². The Bertz CT molecular complexity index is 2980. The Morgan fingerprint density at radius 1 is 0.444 bits per heavy atom. The molecule has 0 amide bonds. The molecule has 6 bridgehead atoms. The summed E-state index contributed by atoms with van der Waals surface area (Å²) in [5.41, 5.74) is 11.2. The van der Waals surface area contributed by atoms with Crippen molar-refractivity contribution in [3.63, 3.8) is 0 Å². The average molecular weight is 843 g/mol. The van der Waals surface area contributed by atoms with Crippen molar-refractivity contribution in [2.24, 2.45) is 21.7 Å². The fourth-order valence-corrected chi connectivity index (χ4v) is 9.19. The molecule has 1 aromatic carbocycles. The molecule has 7 rings (SSSR count). The largest absolute Gasteiger partial charge is 0.872 e. The predicted molar refractivity (Wildman–Crippen MR) is 263 cm³/mol. The third-order valence-corrected chi connectivity index (χ3v) is 12.6. The minimum Gasteiger partial charge on any atom is -0.872 e. The number of nitrogens with zero attached hydrogens (tertiary/aromatic N) is 1. The Morgan fingerprint density at radius 3 is 1.22 bits per heavy atom. The van der Waals surface area contributed by atoms with Crippen LogP contribution in [-0.4, -0.2) is 26.5 Å². The van der Waals surface area contributed by atoms with E-state index < -0.39 is 21.7 Å². The molecule has 6 nitrogen and oxygen atoms in total. The molecule has 0 unspecified atom stereocenters. The molecule has 0 fully saturated rings. The molecule has 0 saturated heterocycles. The van der Waals surface area contributed by atoms with Gasteiger partial charge in [-0.15, -0.1) is 5.75 Å². The summed E-state index contributed by atoms with van der Waals surface area (Å²) in [5, 5.41) is 16.1. The van der Waals surface area contributed by atoms with Gasteiger partial charge in [0.2, 0.25) is 0 Å². The highest BCUT2D eigenvalue weighted by atomic mass is 16.3. The first-order chi connectivity index (χ1) is 28.8. The van der Waals surface area contributed by atoms with E-state index in [1.807, 2.05) is 12.2 Å². The summed E-state index contributed by atoms with van der Waals surface area (Å²) in [6, 6.07) is 12.6. The average Bonchev–Trinajstić information content (AvgIpc) is 3.90. The molecule has 0 spiro atoms. The number of aromatic nitrogens is 3. The van der Waals surface area contributed by atoms with Crippen molar-refractivity contribution in [2.45, 2.75) is 135 Å². The van der Waals surface area contributed by atoms with Crippen LogP contribution < -0.4 is 15.5 Å². The lowest BCUT2D eigenvalue weighted by molar-refractivity contribution is -0.271. The van der Waals surface area contributed by atoms with Gasteiger partial charge in [-0.05, 0) is 132 Å². The number of allylic oxidation sites excluding steroid dienone is 8. The predicted octanol–water partition coefficient (Wildman–Crippen LogP) is 12.3. The minimum atomic E-state index is -0.417. The molecule has 2 N–H and O–H groups in total. The van der Waals surface area contributed by atoms with E-state index in [9.17, 15) is 14.7 Å². The van der Waals surface area contributed by atoms with E-state index in [0.717, 1.165) is 99.6 Å². The maximum Gasteiger partial charge on any atom is 0.182 e. The van der Waals surface area contributed by atoms with Gasteiger partial charge in [-0.25, -0.2) is 4.98 Å². The highest BCUT2D eigenvalue weighted by Gasteiger charge is 2.34. The maximum atomic E-state index is 14.3. The van der Waals surface area contributed by atoms with Gasteiger partial charge in [-0.1, -0.05) is 137 Å². The van der Waals surface area contributed by atoms with E-state index in [1.165, 1.54) is 0 Å². The van der Waals surface area contributed by atoms with E-state index in [2.05, 4.69) is 195 Å². The van der Waals surface area contributed by atoms with Crippen LogP contribution >= 0.6 is 0 Å². The Hall–Kier alpha value is -5.49. The van der Waals surface area contributed by atoms with Crippen molar-refractivity contribution < 1.29 is 14.7 Å². The first-order valence-electron chi connectivity index (χ1n) is 22.5. The summed E-state index contributed by atoms with van der Waals surface area (Å²) in [4.78, 5) is 41.2. The van der Waals surface area contributed by atoms with Crippen molar-refractivity contribution in [2.75, 3.05) is 0 Å². The van der Waals surface area contributed by atoms with Crippen LogP contribution in [0.2, 0.25) is 0 Å². The van der Waals surface area contributed by atoms with Crippen molar-refractivity contribution in [1.82, 2.24) is 15.0 Å². The molecule has 0 saturated carbocycles. The quantitative estimate of drug-likeness (QED) is 0.175. The van der Waals surface area contributed by atoms with Gasteiger partial charge in [0.25, 0.3) is 0 Å². The van der Waals surface area contributed by atoms with E-state index in [-0.39, 0.29) is 28.1 Å². The summed E-state index contributed by atoms with van der Waals surface area (Å²) in [6.45, 7) is 38.1. The second-order valence-corrected chi connectivity index (χ2v) is 24.1. The van der Waals surface area contributed by atoms with Crippen LogP contribution in [0.1, 0.15) is 147 Å². The third kappa shape index (κ3) is 8.39. The Kier molecular flexibility index (Phi) is 10.7. The summed E-state index contributed by atoms with van der Waals surface area (Å²) in [7, 11) is 0. The van der Waals surface area contributed by atoms with Crippen LogP contribution in [0.4, 0.5) is 0 Å². The number of fused-ring (bicyclic) bond motifs is 6. The lowest BCUT2D eigenvalue weighted by Crippen LogP contribution is -2.27. The van der Waals surface area contributed by atoms with Crippen LogP contribution in [0.5, 0.6) is 5.75 Å². The van der Waals surface area contributed by atoms with E-state index in [0.29, 0.717) is 0 Å². The SMILES string of the molecule is CC(C)(C)C1=C/C(=c2/c3nc(c(-c4cc(C(C)(C)C)c([O-])c(C(C)(C)C)c4)c4ccc([nH]4)/c(=C4/C=C(C(C)(C)C)C(=O)C=C4C(C)(C)C)c4ccc2[nH]4)C=C3)C(C(C)(C)C)=CC1=O. The number of carbonyl (C=O) groups is 2. The van der Waals surface area contributed by atoms with Crippen molar-refractivity contribution in [3.05, 3.63) is 116 Å².